The second-order valence-electron chi connectivity index (χ2n) is 14.0. The Hall–Kier alpha value is -5.97. The number of fused-ring (bicyclic) bond motifs is 10. The summed E-state index contributed by atoms with van der Waals surface area (Å²) in [6.45, 7) is 4.77. The van der Waals surface area contributed by atoms with Gasteiger partial charge >= 0.3 is 0 Å². The highest BCUT2D eigenvalue weighted by molar-refractivity contribution is 6.26. The number of aliphatic imine (C=N–C) groups is 1. The van der Waals surface area contributed by atoms with Crippen LogP contribution in [0.3, 0.4) is 0 Å². The fraction of sp³-hybridized carbons (Fsp3) is 0.109. The highest BCUT2D eigenvalue weighted by atomic mass is 15.3. The van der Waals surface area contributed by atoms with Crippen LogP contribution in [0.1, 0.15) is 54.0 Å². The number of hydrogen-bond donors (Lipinski definition) is 2. The van der Waals surface area contributed by atoms with E-state index in [-0.39, 0.29) is 17.7 Å². The van der Waals surface area contributed by atoms with Crippen molar-refractivity contribution in [2.75, 3.05) is 0 Å². The number of aromatic nitrogens is 1. The van der Waals surface area contributed by atoms with Crippen molar-refractivity contribution in [3.8, 4) is 16.8 Å². The lowest BCUT2D eigenvalue weighted by Gasteiger charge is -2.32. The van der Waals surface area contributed by atoms with Crippen LogP contribution in [0.15, 0.2) is 163 Å². The molecule has 10 rings (SSSR count). The van der Waals surface area contributed by atoms with Crippen molar-refractivity contribution < 1.29 is 0 Å². The first-order valence-electron chi connectivity index (χ1n) is 17.5. The largest absolute Gasteiger partial charge is 0.350 e. The molecule has 7 aromatic carbocycles. The van der Waals surface area contributed by atoms with Gasteiger partial charge in [0.2, 0.25) is 0 Å². The van der Waals surface area contributed by atoms with Gasteiger partial charge in [0.15, 0.2) is 0 Å². The van der Waals surface area contributed by atoms with Gasteiger partial charge in [0.25, 0.3) is 0 Å². The van der Waals surface area contributed by atoms with Crippen molar-refractivity contribution in [3.05, 3.63) is 186 Å². The quantitative estimate of drug-likeness (QED) is 0.200. The van der Waals surface area contributed by atoms with Gasteiger partial charge in [-0.05, 0) is 69.1 Å². The van der Waals surface area contributed by atoms with E-state index in [4.69, 9.17) is 4.99 Å². The maximum absolute atomic E-state index is 5.19. The molecule has 8 aromatic rings. The summed E-state index contributed by atoms with van der Waals surface area (Å²) < 4.78 is 2.47. The average molecular weight is 645 g/mol. The molecule has 4 nitrogen and oxygen atoms in total. The van der Waals surface area contributed by atoms with Crippen molar-refractivity contribution in [2.24, 2.45) is 4.99 Å². The number of amidine groups is 1. The Labute approximate surface area is 291 Å². The summed E-state index contributed by atoms with van der Waals surface area (Å²) >= 11 is 0. The van der Waals surface area contributed by atoms with Crippen molar-refractivity contribution in [2.45, 2.75) is 31.6 Å². The molecule has 0 fully saturated rings. The molecule has 240 valence electrons. The van der Waals surface area contributed by atoms with Crippen LogP contribution in [0, 0.1) is 0 Å². The van der Waals surface area contributed by atoms with E-state index < -0.39 is 0 Å². The molecule has 50 heavy (non-hydrogen) atoms. The molecule has 2 atom stereocenters. The third-order valence-electron chi connectivity index (χ3n) is 10.8. The molecule has 2 heterocycles. The van der Waals surface area contributed by atoms with Crippen molar-refractivity contribution in [3.63, 3.8) is 0 Å². The van der Waals surface area contributed by atoms with Crippen molar-refractivity contribution in [1.29, 1.82) is 0 Å². The maximum atomic E-state index is 5.19. The second-order valence-corrected chi connectivity index (χ2v) is 14.0. The molecule has 0 amide bonds. The van der Waals surface area contributed by atoms with Crippen LogP contribution in [0.5, 0.6) is 0 Å². The lowest BCUT2D eigenvalue weighted by molar-refractivity contribution is 0.409. The predicted octanol–water partition coefficient (Wildman–Crippen LogP) is 10.6. The highest BCUT2D eigenvalue weighted by Crippen LogP contribution is 2.56. The zero-order valence-electron chi connectivity index (χ0n) is 28.1. The Balaban J connectivity index is 1.17. The molecule has 1 aliphatic carbocycles. The first-order valence-corrected chi connectivity index (χ1v) is 17.5. The Morgan fingerprint density at radius 2 is 1.22 bits per heavy atom. The second kappa shape index (κ2) is 11.0. The number of hydrogen-bond acceptors (Lipinski definition) is 3. The van der Waals surface area contributed by atoms with E-state index in [0.717, 1.165) is 22.6 Å². The molecule has 0 saturated heterocycles. The Kier molecular flexibility index (Phi) is 6.39. The first kappa shape index (κ1) is 29.0. The van der Waals surface area contributed by atoms with Crippen molar-refractivity contribution in [1.82, 2.24) is 15.2 Å². The van der Waals surface area contributed by atoms with Gasteiger partial charge in [0.1, 0.15) is 18.2 Å². The van der Waals surface area contributed by atoms with Crippen LogP contribution in [-0.4, -0.2) is 10.4 Å². The third kappa shape index (κ3) is 4.25. The predicted molar refractivity (Wildman–Crippen MR) is 207 cm³/mol. The smallest absolute Gasteiger partial charge is 0.131 e. The average Bonchev–Trinajstić information content (AvgIpc) is 3.65. The Bertz CT molecular complexity index is 2610. The number of para-hydroxylation sites is 1. The number of benzene rings is 7. The molecule has 2 unspecified atom stereocenters. The van der Waals surface area contributed by atoms with E-state index in [9.17, 15) is 0 Å². The van der Waals surface area contributed by atoms with Gasteiger partial charge in [0.05, 0.1) is 11.0 Å². The fourth-order valence-electron chi connectivity index (χ4n) is 8.58. The van der Waals surface area contributed by atoms with Crippen LogP contribution in [-0.2, 0) is 5.41 Å². The van der Waals surface area contributed by atoms with E-state index in [2.05, 4.69) is 181 Å². The normalized spacial score (nSPS) is 17.8. The minimum Gasteiger partial charge on any atom is -0.350 e. The molecule has 2 N–H and O–H groups in total. The van der Waals surface area contributed by atoms with Crippen LogP contribution in [0.2, 0.25) is 0 Å². The van der Waals surface area contributed by atoms with E-state index >= 15 is 0 Å². The number of rotatable bonds is 4. The standard InChI is InChI=1S/C46H36N4/c1-46(2)37-23-13-11-21-35(37)39-40-36-22-12-14-24-38(36)50(42(40)34-20-10-9-19-33(34)41(39)46)32-27-25-31(26-28-32)45-48-43(29-15-5-3-6-16-29)47-44(49-45)30-17-7-4-8-18-30/h3-28,43-44,47H,1-2H3,(H,48,49). The minimum atomic E-state index is -0.171. The van der Waals surface area contributed by atoms with Crippen LogP contribution < -0.4 is 10.6 Å². The van der Waals surface area contributed by atoms with E-state index in [1.807, 2.05) is 6.07 Å². The summed E-state index contributed by atoms with van der Waals surface area (Å²) in [5.41, 5.74) is 12.4. The van der Waals surface area contributed by atoms with Gasteiger partial charge in [-0.2, -0.15) is 0 Å². The van der Waals surface area contributed by atoms with Crippen LogP contribution in [0.4, 0.5) is 0 Å². The topological polar surface area (TPSA) is 41.4 Å². The summed E-state index contributed by atoms with van der Waals surface area (Å²) in [6, 6.07) is 56.8. The molecule has 0 bridgehead atoms. The molecular formula is C46H36N4. The fourth-order valence-corrected chi connectivity index (χ4v) is 8.58. The monoisotopic (exact) mass is 644 g/mol. The van der Waals surface area contributed by atoms with Gasteiger partial charge in [-0.3, -0.25) is 5.32 Å². The molecular weight excluding hydrogens is 609 g/mol. The third-order valence-corrected chi connectivity index (χ3v) is 10.8. The molecule has 1 aromatic heterocycles. The van der Waals surface area contributed by atoms with Crippen LogP contribution >= 0.6 is 0 Å². The highest BCUT2D eigenvalue weighted by Gasteiger charge is 2.39. The molecule has 2 aliphatic rings. The summed E-state index contributed by atoms with van der Waals surface area (Å²) in [7, 11) is 0. The molecule has 4 heteroatoms. The van der Waals surface area contributed by atoms with Gasteiger partial charge in [-0.25, -0.2) is 4.99 Å². The molecule has 0 saturated carbocycles. The zero-order chi connectivity index (χ0) is 33.4. The number of nitrogens with one attached hydrogen (secondary N) is 2. The van der Waals surface area contributed by atoms with Gasteiger partial charge < -0.3 is 9.88 Å². The van der Waals surface area contributed by atoms with Crippen LogP contribution in [0.25, 0.3) is 49.4 Å². The first-order chi connectivity index (χ1) is 24.6. The van der Waals surface area contributed by atoms with E-state index in [1.165, 1.54) is 60.4 Å². The lowest BCUT2D eigenvalue weighted by atomic mass is 9.79. The number of nitrogens with zero attached hydrogens (tertiary/aromatic N) is 2. The molecule has 0 spiro atoms. The summed E-state index contributed by atoms with van der Waals surface area (Å²) in [5, 5.41) is 12.6. The summed E-state index contributed by atoms with van der Waals surface area (Å²) in [5.74, 6) is 0.877. The van der Waals surface area contributed by atoms with Gasteiger partial charge in [-0.1, -0.05) is 141 Å². The summed E-state index contributed by atoms with van der Waals surface area (Å²) in [4.78, 5) is 5.19. The van der Waals surface area contributed by atoms with Crippen molar-refractivity contribution >= 4 is 38.4 Å². The summed E-state index contributed by atoms with van der Waals surface area (Å²) in [6.07, 6.45) is -0.248. The molecule has 1 aliphatic heterocycles. The van der Waals surface area contributed by atoms with Gasteiger partial charge in [-0.15, -0.1) is 0 Å². The Morgan fingerprint density at radius 1 is 0.600 bits per heavy atom. The lowest BCUT2D eigenvalue weighted by Crippen LogP contribution is -2.44. The SMILES string of the molecule is CC1(C)c2ccccc2-c2c1c1ccccc1c1c2c2ccccc2n1-c1ccc(C2=NC(c3ccccc3)NC(c3ccccc3)N2)cc1. The minimum absolute atomic E-state index is 0.0773. The van der Waals surface area contributed by atoms with E-state index in [0.29, 0.717) is 0 Å². The maximum Gasteiger partial charge on any atom is 0.131 e. The Morgan fingerprint density at radius 3 is 1.98 bits per heavy atom. The van der Waals surface area contributed by atoms with E-state index in [1.54, 1.807) is 0 Å². The molecule has 0 radical (unpaired) electrons. The van der Waals surface area contributed by atoms with Gasteiger partial charge in [0, 0.05) is 32.8 Å². The zero-order valence-corrected chi connectivity index (χ0v) is 28.1.